The van der Waals surface area contributed by atoms with Gasteiger partial charge in [0, 0.05) is 18.4 Å². The zero-order chi connectivity index (χ0) is 27.3. The fraction of sp³-hybridized carbons (Fsp3) is 0.500. The molecule has 3 N–H and O–H groups in total. The van der Waals surface area contributed by atoms with Crippen LogP contribution in [-0.4, -0.2) is 34.9 Å². The summed E-state index contributed by atoms with van der Waals surface area (Å²) in [5.41, 5.74) is 4.11. The standard InChI is InChI=1S/C26H28F6N2O3/c1-13-5-3-4-6-19(13)22-20(8-7-15-12-34(24(33)36)23(35)21(15)22)37-14(2)16-9-17(25(27,28)29)11-18(10-16)26(30,31)32/h3-6,9-11,14-15,20-23,35H,7-8,12H2,1-2H3,(H2,33,36)/t14-,15-,20+,21-,22-,23?/m1/s1. The molecule has 2 aromatic carbocycles. The monoisotopic (exact) mass is 530 g/mol. The quantitative estimate of drug-likeness (QED) is 0.476. The van der Waals surface area contributed by atoms with E-state index in [4.69, 9.17) is 10.5 Å². The first-order valence-corrected chi connectivity index (χ1v) is 11.9. The molecule has 1 saturated carbocycles. The number of rotatable bonds is 4. The topological polar surface area (TPSA) is 75.8 Å². The van der Waals surface area contributed by atoms with Crippen LogP contribution in [0.3, 0.4) is 0 Å². The van der Waals surface area contributed by atoms with Gasteiger partial charge in [-0.3, -0.25) is 4.90 Å². The highest BCUT2D eigenvalue weighted by Crippen LogP contribution is 2.50. The van der Waals surface area contributed by atoms with Crippen LogP contribution in [0, 0.1) is 18.8 Å². The molecule has 5 nitrogen and oxygen atoms in total. The second-order valence-corrected chi connectivity index (χ2v) is 9.86. The van der Waals surface area contributed by atoms with E-state index in [2.05, 4.69) is 0 Å². The Morgan fingerprint density at radius 1 is 1.05 bits per heavy atom. The fourth-order valence-corrected chi connectivity index (χ4v) is 5.80. The molecule has 4 rings (SSSR count). The number of carbonyl (C=O) groups excluding carboxylic acids is 1. The summed E-state index contributed by atoms with van der Waals surface area (Å²) in [6, 6.07) is 8.04. The lowest BCUT2D eigenvalue weighted by atomic mass is 9.68. The van der Waals surface area contributed by atoms with Crippen molar-refractivity contribution in [3.63, 3.8) is 0 Å². The van der Waals surface area contributed by atoms with E-state index in [0.717, 1.165) is 11.1 Å². The van der Waals surface area contributed by atoms with Crippen molar-refractivity contribution in [3.05, 3.63) is 70.3 Å². The van der Waals surface area contributed by atoms with Gasteiger partial charge in [-0.15, -0.1) is 0 Å². The zero-order valence-corrected chi connectivity index (χ0v) is 20.2. The summed E-state index contributed by atoms with van der Waals surface area (Å²) >= 11 is 0. The van der Waals surface area contributed by atoms with E-state index >= 15 is 0 Å². The van der Waals surface area contributed by atoms with Gasteiger partial charge in [0.05, 0.1) is 23.3 Å². The van der Waals surface area contributed by atoms with Gasteiger partial charge in [0.15, 0.2) is 0 Å². The van der Waals surface area contributed by atoms with E-state index in [1.165, 1.54) is 11.8 Å². The number of nitrogens with two attached hydrogens (primary N) is 1. The third kappa shape index (κ3) is 5.43. The van der Waals surface area contributed by atoms with Crippen molar-refractivity contribution < 1.29 is 41.0 Å². The molecule has 202 valence electrons. The minimum absolute atomic E-state index is 0.0882. The van der Waals surface area contributed by atoms with Gasteiger partial charge in [-0.25, -0.2) is 4.79 Å². The minimum atomic E-state index is -4.97. The highest BCUT2D eigenvalue weighted by molar-refractivity contribution is 5.72. The third-order valence-corrected chi connectivity index (χ3v) is 7.57. The number of aryl methyl sites for hydroxylation is 1. The van der Waals surface area contributed by atoms with Crippen LogP contribution in [0.4, 0.5) is 31.1 Å². The number of halogens is 6. The zero-order valence-electron chi connectivity index (χ0n) is 20.2. The van der Waals surface area contributed by atoms with Crippen molar-refractivity contribution >= 4 is 6.03 Å². The molecule has 2 aromatic rings. The molecule has 0 aromatic heterocycles. The second kappa shape index (κ2) is 9.83. The van der Waals surface area contributed by atoms with Gasteiger partial charge in [-0.1, -0.05) is 24.3 Å². The number of urea groups is 1. The second-order valence-electron chi connectivity index (χ2n) is 9.86. The third-order valence-electron chi connectivity index (χ3n) is 7.57. The Balaban J connectivity index is 1.71. The number of amides is 2. The number of carbonyl (C=O) groups is 1. The van der Waals surface area contributed by atoms with Crippen LogP contribution < -0.4 is 5.73 Å². The summed E-state index contributed by atoms with van der Waals surface area (Å²) < 4.78 is 86.6. The molecule has 1 saturated heterocycles. The maximum atomic E-state index is 13.4. The molecule has 0 bridgehead atoms. The Bertz CT molecular complexity index is 1120. The van der Waals surface area contributed by atoms with Gasteiger partial charge in [0.1, 0.15) is 6.23 Å². The Morgan fingerprint density at radius 3 is 2.19 bits per heavy atom. The summed E-state index contributed by atoms with van der Waals surface area (Å²) in [4.78, 5) is 13.1. The molecule has 6 atom stereocenters. The number of fused-ring (bicyclic) bond motifs is 1. The maximum Gasteiger partial charge on any atom is 0.416 e. The number of hydrogen-bond acceptors (Lipinski definition) is 3. The first kappa shape index (κ1) is 27.3. The molecule has 1 unspecified atom stereocenters. The van der Waals surface area contributed by atoms with Crippen molar-refractivity contribution in [1.82, 2.24) is 4.90 Å². The van der Waals surface area contributed by atoms with E-state index in [1.54, 1.807) is 0 Å². The van der Waals surface area contributed by atoms with Crippen LogP contribution in [0.15, 0.2) is 42.5 Å². The SMILES string of the molecule is Cc1ccccc1[C@H]1[C@@H]2C(O)N(C(N)=O)C[C@H]2CC[C@@H]1O[C@H](C)c1cc(C(F)(F)F)cc(C(F)(F)F)c1. The molecule has 2 fully saturated rings. The van der Waals surface area contributed by atoms with Gasteiger partial charge < -0.3 is 15.6 Å². The normalized spacial score (nSPS) is 27.2. The number of ether oxygens (including phenoxy) is 1. The lowest BCUT2D eigenvalue weighted by Gasteiger charge is -2.42. The summed E-state index contributed by atoms with van der Waals surface area (Å²) in [5, 5.41) is 11.0. The van der Waals surface area contributed by atoms with Crippen LogP contribution in [0.1, 0.15) is 59.6 Å². The number of nitrogens with zero attached hydrogens (tertiary/aromatic N) is 1. The van der Waals surface area contributed by atoms with Gasteiger partial charge in [0.2, 0.25) is 0 Å². The van der Waals surface area contributed by atoms with Gasteiger partial charge in [-0.05, 0) is 67.5 Å². The van der Waals surface area contributed by atoms with Gasteiger partial charge in [-0.2, -0.15) is 26.3 Å². The average Bonchev–Trinajstić information content (AvgIpc) is 3.15. The highest BCUT2D eigenvalue weighted by atomic mass is 19.4. The van der Waals surface area contributed by atoms with Crippen LogP contribution in [0.25, 0.3) is 0 Å². The van der Waals surface area contributed by atoms with Crippen molar-refractivity contribution in [2.75, 3.05) is 6.54 Å². The number of hydrogen-bond donors (Lipinski definition) is 2. The molecule has 1 heterocycles. The lowest BCUT2D eigenvalue weighted by Crippen LogP contribution is -2.45. The summed E-state index contributed by atoms with van der Waals surface area (Å²) in [6.07, 6.45) is -11.9. The molecule has 0 spiro atoms. The van der Waals surface area contributed by atoms with E-state index in [0.29, 0.717) is 25.0 Å². The van der Waals surface area contributed by atoms with Crippen molar-refractivity contribution in [2.24, 2.45) is 17.6 Å². The van der Waals surface area contributed by atoms with E-state index < -0.39 is 59.8 Å². The molecule has 0 radical (unpaired) electrons. The number of alkyl halides is 6. The van der Waals surface area contributed by atoms with Crippen LogP contribution >= 0.6 is 0 Å². The molecule has 11 heteroatoms. The van der Waals surface area contributed by atoms with Crippen molar-refractivity contribution in [3.8, 4) is 0 Å². The van der Waals surface area contributed by atoms with Gasteiger partial charge in [0.25, 0.3) is 0 Å². The lowest BCUT2D eigenvalue weighted by molar-refractivity contribution is -0.143. The number of benzene rings is 2. The smallest absolute Gasteiger partial charge is 0.373 e. The molecular weight excluding hydrogens is 502 g/mol. The maximum absolute atomic E-state index is 13.4. The Morgan fingerprint density at radius 2 is 1.65 bits per heavy atom. The number of aliphatic hydroxyl groups excluding tert-OH is 1. The molecule has 37 heavy (non-hydrogen) atoms. The minimum Gasteiger partial charge on any atom is -0.373 e. The molecule has 1 aliphatic heterocycles. The highest BCUT2D eigenvalue weighted by Gasteiger charge is 2.52. The predicted molar refractivity (Wildman–Crippen MR) is 122 cm³/mol. The van der Waals surface area contributed by atoms with Crippen LogP contribution in [0.5, 0.6) is 0 Å². The number of aliphatic hydroxyl groups is 1. The largest absolute Gasteiger partial charge is 0.416 e. The fourth-order valence-electron chi connectivity index (χ4n) is 5.80. The predicted octanol–water partition coefficient (Wildman–Crippen LogP) is 6.00. The number of primary amides is 1. The molecule has 2 aliphatic rings. The van der Waals surface area contributed by atoms with Crippen molar-refractivity contribution in [2.45, 2.75) is 63.4 Å². The van der Waals surface area contributed by atoms with Crippen molar-refractivity contribution in [1.29, 1.82) is 0 Å². The van der Waals surface area contributed by atoms with Crippen LogP contribution in [0.2, 0.25) is 0 Å². The first-order valence-electron chi connectivity index (χ1n) is 11.9. The van der Waals surface area contributed by atoms with E-state index in [-0.39, 0.29) is 24.1 Å². The Hall–Kier alpha value is -2.79. The summed E-state index contributed by atoms with van der Waals surface area (Å²) in [5.74, 6) is -1.02. The van der Waals surface area contributed by atoms with Crippen LogP contribution in [-0.2, 0) is 17.1 Å². The first-order chi connectivity index (χ1) is 17.2. The Kier molecular flexibility index (Phi) is 7.24. The molecule has 2 amide bonds. The van der Waals surface area contributed by atoms with Gasteiger partial charge >= 0.3 is 18.4 Å². The number of likely N-dealkylation sites (tertiary alicyclic amines) is 1. The Labute approximate surface area is 210 Å². The van der Waals surface area contributed by atoms with E-state index in [9.17, 15) is 36.2 Å². The molecule has 1 aliphatic carbocycles. The molecular formula is C26H28F6N2O3. The summed E-state index contributed by atoms with van der Waals surface area (Å²) in [7, 11) is 0. The average molecular weight is 531 g/mol. The van der Waals surface area contributed by atoms with E-state index in [1.807, 2.05) is 31.2 Å². The summed E-state index contributed by atoms with van der Waals surface area (Å²) in [6.45, 7) is 3.54.